The van der Waals surface area contributed by atoms with Gasteiger partial charge in [0.05, 0.1) is 10.6 Å². The van der Waals surface area contributed by atoms with Crippen LogP contribution in [0.1, 0.15) is 54.8 Å². The molecule has 0 unspecified atom stereocenters. The largest absolute Gasteiger partial charge is 0.318 e. The topological polar surface area (TPSA) is 46.4 Å². The summed E-state index contributed by atoms with van der Waals surface area (Å²) in [7, 11) is 0. The number of thioether (sulfide) groups is 1. The van der Waals surface area contributed by atoms with Crippen LogP contribution in [-0.2, 0) is 11.2 Å². The Bertz CT molecular complexity index is 1200. The van der Waals surface area contributed by atoms with Gasteiger partial charge in [0.15, 0.2) is 5.17 Å². The maximum absolute atomic E-state index is 12.6. The van der Waals surface area contributed by atoms with E-state index in [1.165, 1.54) is 22.9 Å². The van der Waals surface area contributed by atoms with Crippen LogP contribution in [-0.4, -0.2) is 15.6 Å². The van der Waals surface area contributed by atoms with Crippen molar-refractivity contribution in [3.05, 3.63) is 87.6 Å². The molecule has 0 bridgehead atoms. The number of amidine groups is 1. The van der Waals surface area contributed by atoms with E-state index in [0.29, 0.717) is 16.0 Å². The number of rotatable bonds is 5. The van der Waals surface area contributed by atoms with Gasteiger partial charge in [-0.3, -0.25) is 4.79 Å². The first kappa shape index (κ1) is 22.2. The molecular formula is C27H29N3OS. The fourth-order valence-electron chi connectivity index (χ4n) is 3.88. The van der Waals surface area contributed by atoms with Crippen molar-refractivity contribution in [2.45, 2.75) is 47.0 Å². The van der Waals surface area contributed by atoms with Gasteiger partial charge in [-0.05, 0) is 91.0 Å². The second kappa shape index (κ2) is 9.21. The smallest absolute Gasteiger partial charge is 0.264 e. The number of aromatic nitrogens is 1. The fraction of sp³-hybridized carbons (Fsp3) is 0.259. The van der Waals surface area contributed by atoms with E-state index in [0.717, 1.165) is 34.7 Å². The van der Waals surface area contributed by atoms with Crippen molar-refractivity contribution in [1.82, 2.24) is 9.88 Å². The van der Waals surface area contributed by atoms with E-state index in [-0.39, 0.29) is 5.91 Å². The molecular weight excluding hydrogens is 414 g/mol. The molecule has 164 valence electrons. The first-order valence-electron chi connectivity index (χ1n) is 11.0. The summed E-state index contributed by atoms with van der Waals surface area (Å²) in [5.41, 5.74) is 7.87. The van der Waals surface area contributed by atoms with E-state index < -0.39 is 0 Å². The van der Waals surface area contributed by atoms with Crippen LogP contribution in [0.3, 0.4) is 0 Å². The molecule has 5 heteroatoms. The third kappa shape index (κ3) is 4.58. The zero-order valence-electron chi connectivity index (χ0n) is 19.3. The number of aliphatic imine (C=N–C) groups is 1. The van der Waals surface area contributed by atoms with E-state index in [4.69, 9.17) is 0 Å². The minimum Gasteiger partial charge on any atom is -0.318 e. The van der Waals surface area contributed by atoms with E-state index in [2.05, 4.69) is 92.0 Å². The summed E-state index contributed by atoms with van der Waals surface area (Å²) in [6.07, 6.45) is 2.96. The highest BCUT2D eigenvalue weighted by molar-refractivity contribution is 8.18. The van der Waals surface area contributed by atoms with Crippen molar-refractivity contribution >= 4 is 34.6 Å². The number of carbonyl (C=O) groups is 1. The Kier molecular flexibility index (Phi) is 6.38. The van der Waals surface area contributed by atoms with Crippen LogP contribution < -0.4 is 5.32 Å². The van der Waals surface area contributed by atoms with Crippen LogP contribution in [0.15, 0.2) is 64.5 Å². The minimum absolute atomic E-state index is 0.106. The Labute approximate surface area is 194 Å². The third-order valence-electron chi connectivity index (χ3n) is 5.80. The van der Waals surface area contributed by atoms with Gasteiger partial charge in [0.2, 0.25) is 0 Å². The SMILES string of the molecule is CCc1ccc(N=C2NC(=O)/C(=C/c3cc(C)n(-c4ccc(C(C)C)cc4)c3C)S2)cc1. The molecule has 0 atom stereocenters. The van der Waals surface area contributed by atoms with E-state index in [9.17, 15) is 4.79 Å². The molecule has 1 saturated heterocycles. The summed E-state index contributed by atoms with van der Waals surface area (Å²) in [5.74, 6) is 0.402. The normalized spacial score (nSPS) is 16.4. The molecule has 4 nitrogen and oxygen atoms in total. The first-order valence-corrected chi connectivity index (χ1v) is 11.8. The molecule has 1 amide bonds. The molecule has 3 aromatic rings. The molecule has 1 N–H and O–H groups in total. The van der Waals surface area contributed by atoms with Crippen LogP contribution in [0, 0.1) is 13.8 Å². The molecule has 0 spiro atoms. The summed E-state index contributed by atoms with van der Waals surface area (Å²) < 4.78 is 2.23. The van der Waals surface area contributed by atoms with E-state index in [1.807, 2.05) is 18.2 Å². The van der Waals surface area contributed by atoms with Crippen LogP contribution in [0.25, 0.3) is 11.8 Å². The molecule has 0 aliphatic carbocycles. The van der Waals surface area contributed by atoms with Crippen LogP contribution in [0.5, 0.6) is 0 Å². The van der Waals surface area contributed by atoms with Crippen molar-refractivity contribution in [2.24, 2.45) is 4.99 Å². The van der Waals surface area contributed by atoms with Crippen LogP contribution in [0.4, 0.5) is 5.69 Å². The summed E-state index contributed by atoms with van der Waals surface area (Å²) in [6, 6.07) is 18.9. The molecule has 2 aromatic carbocycles. The van der Waals surface area contributed by atoms with Gasteiger partial charge in [-0.15, -0.1) is 0 Å². The van der Waals surface area contributed by atoms with Gasteiger partial charge >= 0.3 is 0 Å². The quantitative estimate of drug-likeness (QED) is 0.448. The summed E-state index contributed by atoms with van der Waals surface area (Å²) in [4.78, 5) is 17.8. The van der Waals surface area contributed by atoms with Crippen LogP contribution in [0.2, 0.25) is 0 Å². The van der Waals surface area contributed by atoms with Crippen molar-refractivity contribution in [3.8, 4) is 5.69 Å². The fourth-order valence-corrected chi connectivity index (χ4v) is 4.72. The lowest BCUT2D eigenvalue weighted by atomic mass is 10.0. The lowest BCUT2D eigenvalue weighted by Gasteiger charge is -2.12. The number of aryl methyl sites for hydroxylation is 2. The number of benzene rings is 2. The zero-order valence-corrected chi connectivity index (χ0v) is 20.1. The number of carbonyl (C=O) groups excluding carboxylic acids is 1. The molecule has 1 aromatic heterocycles. The Balaban J connectivity index is 1.59. The van der Waals surface area contributed by atoms with Gasteiger partial charge in [0, 0.05) is 17.1 Å². The maximum atomic E-state index is 12.6. The van der Waals surface area contributed by atoms with Gasteiger partial charge in [0.1, 0.15) is 0 Å². The van der Waals surface area contributed by atoms with Gasteiger partial charge in [0.25, 0.3) is 5.91 Å². The standard InChI is InChI=1S/C27H29N3OS/c1-6-20-7-11-23(12-8-20)28-27-29-26(31)25(32-27)16-22-15-18(4)30(19(22)5)24-13-9-21(10-14-24)17(2)3/h7-17H,6H2,1-5H3,(H,28,29,31)/b25-16-. The molecule has 1 aliphatic heterocycles. The highest BCUT2D eigenvalue weighted by Gasteiger charge is 2.24. The molecule has 2 heterocycles. The average molecular weight is 444 g/mol. The lowest BCUT2D eigenvalue weighted by Crippen LogP contribution is -2.19. The Morgan fingerprint density at radius 3 is 2.38 bits per heavy atom. The van der Waals surface area contributed by atoms with Crippen molar-refractivity contribution in [3.63, 3.8) is 0 Å². The second-order valence-corrected chi connectivity index (χ2v) is 9.44. The lowest BCUT2D eigenvalue weighted by molar-refractivity contribution is -0.115. The molecule has 32 heavy (non-hydrogen) atoms. The predicted octanol–water partition coefficient (Wildman–Crippen LogP) is 6.67. The molecule has 0 saturated carbocycles. The summed E-state index contributed by atoms with van der Waals surface area (Å²) >= 11 is 1.38. The average Bonchev–Trinajstić information content (AvgIpc) is 3.26. The molecule has 1 fully saturated rings. The van der Waals surface area contributed by atoms with Gasteiger partial charge in [-0.25, -0.2) is 4.99 Å². The van der Waals surface area contributed by atoms with E-state index >= 15 is 0 Å². The third-order valence-corrected chi connectivity index (χ3v) is 6.71. The minimum atomic E-state index is -0.106. The second-order valence-electron chi connectivity index (χ2n) is 8.41. The number of nitrogens with zero attached hydrogens (tertiary/aromatic N) is 2. The highest BCUT2D eigenvalue weighted by atomic mass is 32.2. The molecule has 1 aliphatic rings. The van der Waals surface area contributed by atoms with Crippen molar-refractivity contribution in [2.75, 3.05) is 0 Å². The number of hydrogen-bond donors (Lipinski definition) is 1. The maximum Gasteiger partial charge on any atom is 0.264 e. The Morgan fingerprint density at radius 1 is 1.06 bits per heavy atom. The van der Waals surface area contributed by atoms with Crippen molar-refractivity contribution < 1.29 is 4.79 Å². The van der Waals surface area contributed by atoms with Gasteiger partial charge in [-0.2, -0.15) is 0 Å². The van der Waals surface area contributed by atoms with Crippen LogP contribution >= 0.6 is 11.8 Å². The van der Waals surface area contributed by atoms with E-state index in [1.54, 1.807) is 0 Å². The zero-order chi connectivity index (χ0) is 22.8. The summed E-state index contributed by atoms with van der Waals surface area (Å²) in [5, 5.41) is 3.50. The van der Waals surface area contributed by atoms with Gasteiger partial charge in [-0.1, -0.05) is 45.0 Å². The predicted molar refractivity (Wildman–Crippen MR) is 136 cm³/mol. The highest BCUT2D eigenvalue weighted by Crippen LogP contribution is 2.31. The monoisotopic (exact) mass is 443 g/mol. The number of hydrogen-bond acceptors (Lipinski definition) is 3. The summed E-state index contributed by atoms with van der Waals surface area (Å²) in [6.45, 7) is 10.7. The number of amides is 1. The van der Waals surface area contributed by atoms with Gasteiger partial charge < -0.3 is 9.88 Å². The Morgan fingerprint density at radius 2 is 1.75 bits per heavy atom. The first-order chi connectivity index (χ1) is 15.4. The number of nitrogens with one attached hydrogen (secondary N) is 1. The van der Waals surface area contributed by atoms with Crippen molar-refractivity contribution in [1.29, 1.82) is 0 Å². The Hall–Kier alpha value is -3.05. The molecule has 0 radical (unpaired) electrons. The molecule has 4 rings (SSSR count).